The van der Waals surface area contributed by atoms with Gasteiger partial charge in [-0.05, 0) is 28.7 Å². The highest BCUT2D eigenvalue weighted by Gasteiger charge is 2.18. The molecule has 2 aromatic carbocycles. The van der Waals surface area contributed by atoms with Gasteiger partial charge in [0.1, 0.15) is 0 Å². The average Bonchev–Trinajstić information content (AvgIpc) is 2.52. The SMILES string of the molecule is CC(C)(C)c1ccccc1NC(=O)CCNCc1ccccc1Cl. The second-order valence-electron chi connectivity index (χ2n) is 6.86. The molecule has 0 spiro atoms. The molecule has 0 radical (unpaired) electrons. The first kappa shape index (κ1) is 18.5. The lowest BCUT2D eigenvalue weighted by Crippen LogP contribution is -2.23. The highest BCUT2D eigenvalue weighted by Crippen LogP contribution is 2.29. The number of hydrogen-bond donors (Lipinski definition) is 2. The van der Waals surface area contributed by atoms with E-state index in [0.717, 1.165) is 21.8 Å². The molecule has 0 fully saturated rings. The van der Waals surface area contributed by atoms with Gasteiger partial charge >= 0.3 is 0 Å². The molecule has 4 heteroatoms. The number of halogens is 1. The molecular weight excluding hydrogens is 320 g/mol. The summed E-state index contributed by atoms with van der Waals surface area (Å²) in [6, 6.07) is 15.7. The molecule has 2 rings (SSSR count). The van der Waals surface area contributed by atoms with E-state index < -0.39 is 0 Å². The fourth-order valence-corrected chi connectivity index (χ4v) is 2.73. The molecule has 0 heterocycles. The largest absolute Gasteiger partial charge is 0.326 e. The van der Waals surface area contributed by atoms with Gasteiger partial charge in [0.05, 0.1) is 0 Å². The third-order valence-corrected chi connectivity index (χ3v) is 4.18. The predicted molar refractivity (Wildman–Crippen MR) is 102 cm³/mol. The smallest absolute Gasteiger partial charge is 0.225 e. The fraction of sp³-hybridized carbons (Fsp3) is 0.350. The summed E-state index contributed by atoms with van der Waals surface area (Å²) in [5, 5.41) is 7.02. The summed E-state index contributed by atoms with van der Waals surface area (Å²) >= 11 is 6.11. The van der Waals surface area contributed by atoms with E-state index in [-0.39, 0.29) is 11.3 Å². The van der Waals surface area contributed by atoms with Crippen molar-refractivity contribution in [2.45, 2.75) is 39.2 Å². The predicted octanol–water partition coefficient (Wildman–Crippen LogP) is 4.76. The maximum atomic E-state index is 12.2. The van der Waals surface area contributed by atoms with E-state index in [4.69, 9.17) is 11.6 Å². The molecule has 0 saturated carbocycles. The van der Waals surface area contributed by atoms with Crippen molar-refractivity contribution < 1.29 is 4.79 Å². The number of carbonyl (C=O) groups excluding carboxylic acids is 1. The minimum atomic E-state index is -0.00776. The highest BCUT2D eigenvalue weighted by molar-refractivity contribution is 6.31. The average molecular weight is 345 g/mol. The zero-order valence-corrected chi connectivity index (χ0v) is 15.3. The van der Waals surface area contributed by atoms with E-state index in [2.05, 4.69) is 37.5 Å². The van der Waals surface area contributed by atoms with Gasteiger partial charge in [0.15, 0.2) is 0 Å². The van der Waals surface area contributed by atoms with Gasteiger partial charge in [-0.25, -0.2) is 0 Å². The lowest BCUT2D eigenvalue weighted by molar-refractivity contribution is -0.116. The summed E-state index contributed by atoms with van der Waals surface area (Å²) in [6.45, 7) is 7.69. The Morgan fingerprint density at radius 2 is 1.71 bits per heavy atom. The Labute approximate surface area is 149 Å². The molecule has 2 N–H and O–H groups in total. The minimum absolute atomic E-state index is 0.00776. The van der Waals surface area contributed by atoms with Crippen molar-refractivity contribution in [3.05, 3.63) is 64.7 Å². The molecule has 0 unspecified atom stereocenters. The van der Waals surface area contributed by atoms with Crippen molar-refractivity contribution in [2.75, 3.05) is 11.9 Å². The first-order valence-corrected chi connectivity index (χ1v) is 8.59. The van der Waals surface area contributed by atoms with Gasteiger partial charge in [0, 0.05) is 30.2 Å². The van der Waals surface area contributed by atoms with Crippen LogP contribution in [0.1, 0.15) is 38.3 Å². The number of hydrogen-bond acceptors (Lipinski definition) is 2. The van der Waals surface area contributed by atoms with Gasteiger partial charge < -0.3 is 10.6 Å². The quantitative estimate of drug-likeness (QED) is 0.742. The van der Waals surface area contributed by atoms with E-state index in [0.29, 0.717) is 19.5 Å². The second kappa shape index (κ2) is 8.32. The van der Waals surface area contributed by atoms with Crippen molar-refractivity contribution in [1.29, 1.82) is 0 Å². The summed E-state index contributed by atoms with van der Waals surface area (Å²) in [7, 11) is 0. The van der Waals surface area contributed by atoms with Gasteiger partial charge in [-0.2, -0.15) is 0 Å². The van der Waals surface area contributed by atoms with Crippen LogP contribution in [0.4, 0.5) is 5.69 Å². The third kappa shape index (κ3) is 5.36. The van der Waals surface area contributed by atoms with Crippen LogP contribution in [0.15, 0.2) is 48.5 Å². The lowest BCUT2D eigenvalue weighted by Gasteiger charge is -2.23. The number of anilines is 1. The van der Waals surface area contributed by atoms with Crippen LogP contribution in [0.25, 0.3) is 0 Å². The summed E-state index contributed by atoms with van der Waals surface area (Å²) in [5.74, 6) is 0.0124. The molecule has 0 aliphatic carbocycles. The van der Waals surface area contributed by atoms with Crippen LogP contribution in [-0.4, -0.2) is 12.5 Å². The van der Waals surface area contributed by atoms with Gasteiger partial charge in [0.2, 0.25) is 5.91 Å². The van der Waals surface area contributed by atoms with Gasteiger partial charge in [-0.1, -0.05) is 68.8 Å². The zero-order chi connectivity index (χ0) is 17.6. The Hall–Kier alpha value is -1.84. The molecule has 0 aliphatic heterocycles. The lowest BCUT2D eigenvalue weighted by atomic mass is 9.86. The summed E-state index contributed by atoms with van der Waals surface area (Å²) in [5.41, 5.74) is 3.06. The second-order valence-corrected chi connectivity index (χ2v) is 7.27. The van der Waals surface area contributed by atoms with Crippen molar-refractivity contribution in [3.8, 4) is 0 Å². The van der Waals surface area contributed by atoms with Crippen LogP contribution in [0.3, 0.4) is 0 Å². The zero-order valence-electron chi connectivity index (χ0n) is 14.5. The molecule has 0 bridgehead atoms. The van der Waals surface area contributed by atoms with E-state index >= 15 is 0 Å². The first-order chi connectivity index (χ1) is 11.4. The number of amides is 1. The molecular formula is C20H25ClN2O. The Morgan fingerprint density at radius 1 is 1.04 bits per heavy atom. The van der Waals surface area contributed by atoms with Crippen LogP contribution < -0.4 is 10.6 Å². The number of benzene rings is 2. The van der Waals surface area contributed by atoms with E-state index in [9.17, 15) is 4.79 Å². The number of para-hydroxylation sites is 1. The Kier molecular flexibility index (Phi) is 6.41. The summed E-state index contributed by atoms with van der Waals surface area (Å²) in [4.78, 5) is 12.2. The molecule has 0 aliphatic rings. The van der Waals surface area contributed by atoms with E-state index in [1.54, 1.807) is 0 Å². The standard InChI is InChI=1S/C20H25ClN2O/c1-20(2,3)16-9-5-7-11-18(16)23-19(24)12-13-22-14-15-8-4-6-10-17(15)21/h4-11,22H,12-14H2,1-3H3,(H,23,24). The Bertz CT molecular complexity index is 692. The third-order valence-electron chi connectivity index (χ3n) is 3.81. The molecule has 0 saturated heterocycles. The van der Waals surface area contributed by atoms with Crippen LogP contribution >= 0.6 is 11.6 Å². The van der Waals surface area contributed by atoms with Crippen LogP contribution in [0, 0.1) is 0 Å². The normalized spacial score (nSPS) is 11.3. The topological polar surface area (TPSA) is 41.1 Å². The molecule has 1 amide bonds. The highest BCUT2D eigenvalue weighted by atomic mass is 35.5. The summed E-state index contributed by atoms with van der Waals surface area (Å²) < 4.78 is 0. The first-order valence-electron chi connectivity index (χ1n) is 8.21. The van der Waals surface area contributed by atoms with E-state index in [1.165, 1.54) is 0 Å². The maximum absolute atomic E-state index is 12.2. The van der Waals surface area contributed by atoms with Gasteiger partial charge in [-0.15, -0.1) is 0 Å². The maximum Gasteiger partial charge on any atom is 0.225 e. The number of carbonyl (C=O) groups is 1. The molecule has 3 nitrogen and oxygen atoms in total. The minimum Gasteiger partial charge on any atom is -0.326 e. The van der Waals surface area contributed by atoms with Crippen molar-refractivity contribution in [2.24, 2.45) is 0 Å². The van der Waals surface area contributed by atoms with Crippen LogP contribution in [0.2, 0.25) is 5.02 Å². The molecule has 24 heavy (non-hydrogen) atoms. The fourth-order valence-electron chi connectivity index (χ4n) is 2.53. The number of nitrogens with one attached hydrogen (secondary N) is 2. The van der Waals surface area contributed by atoms with Crippen LogP contribution in [0.5, 0.6) is 0 Å². The summed E-state index contributed by atoms with van der Waals surface area (Å²) in [6.07, 6.45) is 0.420. The van der Waals surface area contributed by atoms with Crippen molar-refractivity contribution in [3.63, 3.8) is 0 Å². The Balaban J connectivity index is 1.83. The van der Waals surface area contributed by atoms with Crippen molar-refractivity contribution >= 4 is 23.2 Å². The number of rotatable bonds is 6. The van der Waals surface area contributed by atoms with Crippen molar-refractivity contribution in [1.82, 2.24) is 5.32 Å². The monoisotopic (exact) mass is 344 g/mol. The molecule has 0 atom stereocenters. The molecule has 2 aromatic rings. The molecule has 128 valence electrons. The van der Waals surface area contributed by atoms with E-state index in [1.807, 2.05) is 42.5 Å². The van der Waals surface area contributed by atoms with Gasteiger partial charge in [-0.3, -0.25) is 4.79 Å². The Morgan fingerprint density at radius 3 is 2.42 bits per heavy atom. The van der Waals surface area contributed by atoms with Crippen LogP contribution in [-0.2, 0) is 16.8 Å². The van der Waals surface area contributed by atoms with Gasteiger partial charge in [0.25, 0.3) is 0 Å². The molecule has 0 aromatic heterocycles.